The van der Waals surface area contributed by atoms with Crippen LogP contribution in [-0.4, -0.2) is 0 Å². The number of hydrogen-bond acceptors (Lipinski definition) is 1. The van der Waals surface area contributed by atoms with Crippen LogP contribution in [-0.2, 0) is 0 Å². The number of hydrogen-bond donors (Lipinski definition) is 0. The normalized spacial score (nSPS) is 8.91. The van der Waals surface area contributed by atoms with Gasteiger partial charge in [0.15, 0.2) is 0 Å². The molecule has 1 rings (SSSR count). The summed E-state index contributed by atoms with van der Waals surface area (Å²) in [4.78, 5) is 2.38. The SMILES string of the molecule is [N-]=[N+]=Nc1cc(F)cc(F)c1. The molecule has 0 radical (unpaired) electrons. The van der Waals surface area contributed by atoms with E-state index in [4.69, 9.17) is 5.53 Å². The molecule has 1 aromatic carbocycles. The third-order valence-electron chi connectivity index (χ3n) is 1.01. The minimum absolute atomic E-state index is 0.0648. The number of nitrogens with zero attached hydrogens (tertiary/aromatic N) is 3. The highest BCUT2D eigenvalue weighted by atomic mass is 19.1. The number of halogens is 2. The van der Waals surface area contributed by atoms with Crippen LogP contribution in [0.2, 0.25) is 0 Å². The van der Waals surface area contributed by atoms with Gasteiger partial charge in [0.25, 0.3) is 0 Å². The molecule has 0 unspecified atom stereocenters. The quantitative estimate of drug-likeness (QED) is 0.340. The second-order valence-corrected chi connectivity index (χ2v) is 1.82. The Balaban J connectivity index is 3.18. The van der Waals surface area contributed by atoms with Crippen LogP contribution in [0, 0.1) is 11.6 Å². The highest BCUT2D eigenvalue weighted by Crippen LogP contribution is 2.15. The van der Waals surface area contributed by atoms with Crippen molar-refractivity contribution in [3.63, 3.8) is 0 Å². The van der Waals surface area contributed by atoms with Gasteiger partial charge >= 0.3 is 0 Å². The fourth-order valence-corrected chi connectivity index (χ4v) is 0.649. The lowest BCUT2D eigenvalue weighted by Gasteiger charge is -1.91. The van der Waals surface area contributed by atoms with Gasteiger partial charge in [-0.1, -0.05) is 5.11 Å². The summed E-state index contributed by atoms with van der Waals surface area (Å²) in [5, 5.41) is 3.03. The van der Waals surface area contributed by atoms with E-state index in [0.717, 1.165) is 12.1 Å². The van der Waals surface area contributed by atoms with Gasteiger partial charge < -0.3 is 0 Å². The average Bonchev–Trinajstić information content (AvgIpc) is 1.85. The molecule has 0 fully saturated rings. The highest BCUT2D eigenvalue weighted by molar-refractivity contribution is 5.36. The first-order chi connectivity index (χ1) is 5.22. The van der Waals surface area contributed by atoms with E-state index in [2.05, 4.69) is 10.0 Å². The summed E-state index contributed by atoms with van der Waals surface area (Å²) < 4.78 is 24.7. The van der Waals surface area contributed by atoms with Crippen LogP contribution in [0.25, 0.3) is 10.4 Å². The summed E-state index contributed by atoms with van der Waals surface area (Å²) in [5.74, 6) is -1.51. The molecule has 0 aromatic heterocycles. The summed E-state index contributed by atoms with van der Waals surface area (Å²) in [5.41, 5.74) is 7.85. The molecule has 5 heteroatoms. The van der Waals surface area contributed by atoms with Gasteiger partial charge in [0.1, 0.15) is 11.6 Å². The van der Waals surface area contributed by atoms with E-state index < -0.39 is 11.6 Å². The van der Waals surface area contributed by atoms with Crippen molar-refractivity contribution < 1.29 is 8.78 Å². The lowest BCUT2D eigenvalue weighted by atomic mass is 10.3. The zero-order valence-electron chi connectivity index (χ0n) is 5.33. The number of rotatable bonds is 1. The largest absolute Gasteiger partial charge is 0.207 e. The lowest BCUT2D eigenvalue weighted by Crippen LogP contribution is -1.76. The summed E-state index contributed by atoms with van der Waals surface area (Å²) in [6.07, 6.45) is 0. The molecule has 0 saturated carbocycles. The molecule has 0 aliphatic heterocycles. The van der Waals surface area contributed by atoms with Gasteiger partial charge in [-0.15, -0.1) is 0 Å². The van der Waals surface area contributed by atoms with Gasteiger partial charge in [-0.3, -0.25) is 0 Å². The first-order valence-corrected chi connectivity index (χ1v) is 2.73. The average molecular weight is 155 g/mol. The van der Waals surface area contributed by atoms with Gasteiger partial charge in [-0.2, -0.15) is 0 Å². The summed E-state index contributed by atoms with van der Waals surface area (Å²) >= 11 is 0. The molecular formula is C6H3F2N3. The van der Waals surface area contributed by atoms with Crippen LogP contribution < -0.4 is 0 Å². The Morgan fingerprint density at radius 3 is 2.18 bits per heavy atom. The van der Waals surface area contributed by atoms with E-state index in [-0.39, 0.29) is 5.69 Å². The Labute approximate surface area is 60.9 Å². The van der Waals surface area contributed by atoms with Crippen molar-refractivity contribution in [2.45, 2.75) is 0 Å². The molecule has 0 N–H and O–H groups in total. The lowest BCUT2D eigenvalue weighted by molar-refractivity contribution is 0.584. The van der Waals surface area contributed by atoms with E-state index in [9.17, 15) is 8.78 Å². The fraction of sp³-hybridized carbons (Fsp3) is 0. The fourth-order valence-electron chi connectivity index (χ4n) is 0.649. The van der Waals surface area contributed by atoms with Crippen molar-refractivity contribution in [3.8, 4) is 0 Å². The van der Waals surface area contributed by atoms with Gasteiger partial charge in [-0.25, -0.2) is 8.78 Å². The van der Waals surface area contributed by atoms with Crippen LogP contribution in [0.1, 0.15) is 0 Å². The van der Waals surface area contributed by atoms with Crippen molar-refractivity contribution in [1.29, 1.82) is 0 Å². The van der Waals surface area contributed by atoms with Crippen LogP contribution >= 0.6 is 0 Å². The van der Waals surface area contributed by atoms with Crippen molar-refractivity contribution in [2.24, 2.45) is 5.11 Å². The van der Waals surface area contributed by atoms with Crippen LogP contribution in [0.3, 0.4) is 0 Å². The molecule has 3 nitrogen and oxygen atoms in total. The zero-order valence-corrected chi connectivity index (χ0v) is 5.33. The maximum absolute atomic E-state index is 12.3. The predicted molar refractivity (Wildman–Crippen MR) is 35.2 cm³/mol. The molecule has 0 spiro atoms. The van der Waals surface area contributed by atoms with Crippen LogP contribution in [0.15, 0.2) is 23.3 Å². The number of azide groups is 1. The number of benzene rings is 1. The van der Waals surface area contributed by atoms with Crippen molar-refractivity contribution >= 4 is 5.69 Å². The van der Waals surface area contributed by atoms with Crippen LogP contribution in [0.5, 0.6) is 0 Å². The molecule has 0 aliphatic carbocycles. The minimum Gasteiger partial charge on any atom is -0.207 e. The topological polar surface area (TPSA) is 48.8 Å². The molecule has 1 aromatic rings. The molecule has 0 aliphatic rings. The van der Waals surface area contributed by atoms with Crippen molar-refractivity contribution in [2.75, 3.05) is 0 Å². The van der Waals surface area contributed by atoms with Gasteiger partial charge in [0.05, 0.1) is 0 Å². The van der Waals surface area contributed by atoms with E-state index in [0.29, 0.717) is 6.07 Å². The second-order valence-electron chi connectivity index (χ2n) is 1.82. The zero-order chi connectivity index (χ0) is 8.27. The highest BCUT2D eigenvalue weighted by Gasteiger charge is 1.96. The molecule has 56 valence electrons. The first kappa shape index (κ1) is 7.50. The molecular weight excluding hydrogens is 152 g/mol. The van der Waals surface area contributed by atoms with E-state index in [1.165, 1.54) is 0 Å². The Bertz CT molecular complexity index is 297. The van der Waals surface area contributed by atoms with E-state index in [1.807, 2.05) is 0 Å². The van der Waals surface area contributed by atoms with Crippen molar-refractivity contribution in [1.82, 2.24) is 0 Å². The maximum atomic E-state index is 12.3. The van der Waals surface area contributed by atoms with Crippen LogP contribution in [0.4, 0.5) is 14.5 Å². The molecule has 0 heterocycles. The third-order valence-corrected chi connectivity index (χ3v) is 1.01. The Morgan fingerprint density at radius 2 is 1.73 bits per heavy atom. The minimum atomic E-state index is -0.757. The van der Waals surface area contributed by atoms with Gasteiger partial charge in [0, 0.05) is 16.7 Å². The standard InChI is InChI=1S/C6H3F2N3/c7-4-1-5(8)3-6(2-4)10-11-9/h1-3H. The second kappa shape index (κ2) is 2.98. The first-order valence-electron chi connectivity index (χ1n) is 2.73. The van der Waals surface area contributed by atoms with E-state index in [1.54, 1.807) is 0 Å². The molecule has 0 saturated heterocycles. The molecule has 0 atom stereocenters. The Morgan fingerprint density at radius 1 is 1.18 bits per heavy atom. The predicted octanol–water partition coefficient (Wildman–Crippen LogP) is 2.91. The Hall–Kier alpha value is -1.61. The third kappa shape index (κ3) is 1.91. The molecule has 11 heavy (non-hydrogen) atoms. The summed E-state index contributed by atoms with van der Waals surface area (Å²) in [6, 6.07) is 2.60. The smallest absolute Gasteiger partial charge is 0.126 e. The molecule has 0 amide bonds. The summed E-state index contributed by atoms with van der Waals surface area (Å²) in [7, 11) is 0. The van der Waals surface area contributed by atoms with Gasteiger partial charge in [0.2, 0.25) is 0 Å². The van der Waals surface area contributed by atoms with E-state index >= 15 is 0 Å². The van der Waals surface area contributed by atoms with Gasteiger partial charge in [-0.05, 0) is 17.7 Å². The Kier molecular flexibility index (Phi) is 2.03. The van der Waals surface area contributed by atoms with Crippen molar-refractivity contribution in [3.05, 3.63) is 40.3 Å². The maximum Gasteiger partial charge on any atom is 0.126 e. The monoisotopic (exact) mass is 155 g/mol. The molecule has 0 bridgehead atoms. The summed E-state index contributed by atoms with van der Waals surface area (Å²) in [6.45, 7) is 0.